The van der Waals surface area contributed by atoms with Gasteiger partial charge in [-0.1, -0.05) is 42.5 Å². The molecule has 2 aromatic rings. The molecule has 3 rings (SSSR count). The number of fused-ring (bicyclic) bond motifs is 1. The van der Waals surface area contributed by atoms with Crippen molar-refractivity contribution in [3.8, 4) is 5.40 Å². The van der Waals surface area contributed by atoms with Gasteiger partial charge in [0.05, 0.1) is 17.1 Å². The molecule has 0 saturated heterocycles. The first kappa shape index (κ1) is 13.4. The lowest BCUT2D eigenvalue weighted by Gasteiger charge is -2.12. The van der Waals surface area contributed by atoms with Gasteiger partial charge in [0.2, 0.25) is 5.91 Å². The van der Waals surface area contributed by atoms with Crippen molar-refractivity contribution in [3.63, 3.8) is 0 Å². The average molecular weight is 293 g/mol. The van der Waals surface area contributed by atoms with Gasteiger partial charge in [-0.2, -0.15) is 5.26 Å². The van der Waals surface area contributed by atoms with Crippen molar-refractivity contribution in [1.29, 1.82) is 5.26 Å². The summed E-state index contributed by atoms with van der Waals surface area (Å²) in [5.41, 5.74) is 2.81. The lowest BCUT2D eigenvalue weighted by molar-refractivity contribution is -0.114. The van der Waals surface area contributed by atoms with Crippen LogP contribution in [-0.4, -0.2) is 16.9 Å². The molecule has 1 heterocycles. The summed E-state index contributed by atoms with van der Waals surface area (Å²) < 4.78 is 0. The van der Waals surface area contributed by atoms with Gasteiger partial charge in [-0.25, -0.2) is 4.99 Å². The van der Waals surface area contributed by atoms with Crippen LogP contribution in [0, 0.1) is 10.7 Å². The molecule has 1 aliphatic heterocycles. The minimum absolute atomic E-state index is 0.228. The highest BCUT2D eigenvalue weighted by Gasteiger charge is 2.29. The smallest absolute Gasteiger partial charge is 0.244 e. The van der Waals surface area contributed by atoms with E-state index in [1.807, 2.05) is 53.9 Å². The van der Waals surface area contributed by atoms with Gasteiger partial charge < -0.3 is 5.32 Å². The van der Waals surface area contributed by atoms with Crippen LogP contribution in [0.3, 0.4) is 0 Å². The fraction of sp³-hybridized carbons (Fsp3) is 0.0625. The summed E-state index contributed by atoms with van der Waals surface area (Å²) in [5.74, 6) is -0.228. The third-order valence-electron chi connectivity index (χ3n) is 3.13. The first-order valence-electron chi connectivity index (χ1n) is 6.38. The van der Waals surface area contributed by atoms with Gasteiger partial charge in [0.1, 0.15) is 10.7 Å². The van der Waals surface area contributed by atoms with E-state index in [0.29, 0.717) is 17.1 Å². The van der Waals surface area contributed by atoms with Gasteiger partial charge in [-0.05, 0) is 29.5 Å². The number of carbonyl (C=O) groups excluding carboxylic acids is 1. The Morgan fingerprint density at radius 2 is 1.81 bits per heavy atom. The Morgan fingerprint density at radius 1 is 1.10 bits per heavy atom. The predicted octanol–water partition coefficient (Wildman–Crippen LogP) is 3.34. The summed E-state index contributed by atoms with van der Waals surface area (Å²) in [6, 6.07) is 16.8. The number of hydrogen-bond donors (Lipinski definition) is 1. The first-order chi connectivity index (χ1) is 10.3. The Kier molecular flexibility index (Phi) is 3.71. The van der Waals surface area contributed by atoms with Crippen molar-refractivity contribution < 1.29 is 4.79 Å². The Labute approximate surface area is 126 Å². The number of hydrogen-bond acceptors (Lipinski definition) is 4. The highest BCUT2D eigenvalue weighted by Crippen LogP contribution is 2.31. The van der Waals surface area contributed by atoms with Crippen LogP contribution in [-0.2, 0) is 4.79 Å². The zero-order valence-corrected chi connectivity index (χ0v) is 11.8. The van der Waals surface area contributed by atoms with Crippen LogP contribution in [0.1, 0.15) is 5.56 Å². The van der Waals surface area contributed by atoms with E-state index in [1.165, 1.54) is 0 Å². The number of para-hydroxylation sites is 2. The van der Waals surface area contributed by atoms with Gasteiger partial charge in [0, 0.05) is 0 Å². The molecule has 0 aliphatic carbocycles. The van der Waals surface area contributed by atoms with E-state index in [9.17, 15) is 4.79 Å². The number of nitriles is 1. The molecular weight excluding hydrogens is 282 g/mol. The highest BCUT2D eigenvalue weighted by atomic mass is 32.2. The van der Waals surface area contributed by atoms with Gasteiger partial charge >= 0.3 is 0 Å². The zero-order valence-electron chi connectivity index (χ0n) is 11.0. The Balaban J connectivity index is 2.17. The monoisotopic (exact) mass is 293 g/mol. The Morgan fingerprint density at radius 3 is 2.57 bits per heavy atom. The summed E-state index contributed by atoms with van der Waals surface area (Å²) in [7, 11) is 0. The number of nitrogens with one attached hydrogen (secondary N) is 1. The van der Waals surface area contributed by atoms with Crippen LogP contribution in [0.15, 0.2) is 59.6 Å². The summed E-state index contributed by atoms with van der Waals surface area (Å²) in [6.45, 7) is 0. The number of thioether (sulfide) groups is 1. The largest absolute Gasteiger partial charge is 0.323 e. The molecule has 102 valence electrons. The van der Waals surface area contributed by atoms with Crippen LogP contribution in [0.2, 0.25) is 0 Å². The van der Waals surface area contributed by atoms with Gasteiger partial charge in [0.25, 0.3) is 0 Å². The van der Waals surface area contributed by atoms with Crippen LogP contribution in [0.4, 0.5) is 11.4 Å². The maximum Gasteiger partial charge on any atom is 0.244 e. The average Bonchev–Trinajstić information content (AvgIpc) is 2.66. The van der Waals surface area contributed by atoms with Crippen molar-refractivity contribution in [3.05, 3.63) is 60.2 Å². The van der Waals surface area contributed by atoms with E-state index in [4.69, 9.17) is 5.26 Å². The van der Waals surface area contributed by atoms with Gasteiger partial charge in [-0.15, -0.1) is 0 Å². The van der Waals surface area contributed by atoms with E-state index in [-0.39, 0.29) is 5.91 Å². The van der Waals surface area contributed by atoms with E-state index >= 15 is 0 Å². The first-order valence-corrected chi connectivity index (χ1v) is 7.26. The maximum absolute atomic E-state index is 12.4. The number of thiocyanates is 1. The molecular formula is C16H11N3OS. The topological polar surface area (TPSA) is 65.2 Å². The summed E-state index contributed by atoms with van der Waals surface area (Å²) >= 11 is 0.910. The number of amides is 1. The third-order valence-corrected chi connectivity index (χ3v) is 3.91. The standard InChI is InChI=1S/C16H11N3OS/c17-10-21-15-14(11-6-2-1-3-7-11)18-12-8-4-5-9-13(12)19-16(15)20/h1-9,15H,(H,19,20). The molecule has 4 nitrogen and oxygen atoms in total. The minimum Gasteiger partial charge on any atom is -0.323 e. The van der Waals surface area contributed by atoms with Crippen molar-refractivity contribution in [2.75, 3.05) is 5.32 Å². The van der Waals surface area contributed by atoms with Crippen molar-refractivity contribution in [2.24, 2.45) is 4.99 Å². The normalized spacial score (nSPS) is 17.0. The number of rotatable bonds is 2. The highest BCUT2D eigenvalue weighted by molar-refractivity contribution is 8.05. The minimum atomic E-state index is -0.648. The Bertz CT molecular complexity index is 750. The van der Waals surface area contributed by atoms with Crippen LogP contribution in [0.25, 0.3) is 0 Å². The number of nitrogens with zero attached hydrogens (tertiary/aromatic N) is 2. The van der Waals surface area contributed by atoms with Gasteiger partial charge in [0.15, 0.2) is 0 Å². The molecule has 0 aromatic heterocycles. The lowest BCUT2D eigenvalue weighted by Crippen LogP contribution is -2.31. The van der Waals surface area contributed by atoms with E-state index < -0.39 is 5.25 Å². The third kappa shape index (κ3) is 2.67. The van der Waals surface area contributed by atoms with Crippen molar-refractivity contribution in [1.82, 2.24) is 0 Å². The van der Waals surface area contributed by atoms with Gasteiger partial charge in [-0.3, -0.25) is 4.79 Å². The second kappa shape index (κ2) is 5.81. The number of anilines is 1. The molecule has 0 saturated carbocycles. The Hall–Kier alpha value is -2.58. The maximum atomic E-state index is 12.4. The SMILES string of the molecule is N#CSC1C(=O)Nc2ccccc2N=C1c1ccccc1. The molecule has 0 fully saturated rings. The molecule has 1 amide bonds. The van der Waals surface area contributed by atoms with Crippen molar-refractivity contribution in [2.45, 2.75) is 5.25 Å². The fourth-order valence-corrected chi connectivity index (χ4v) is 2.75. The predicted molar refractivity (Wildman–Crippen MR) is 84.7 cm³/mol. The molecule has 2 aromatic carbocycles. The number of carbonyl (C=O) groups is 1. The molecule has 5 heteroatoms. The molecule has 0 bridgehead atoms. The quantitative estimate of drug-likeness (QED) is 0.864. The summed E-state index contributed by atoms with van der Waals surface area (Å²) in [5, 5.41) is 13.2. The molecule has 1 atom stereocenters. The van der Waals surface area contributed by atoms with Crippen LogP contribution >= 0.6 is 11.8 Å². The molecule has 1 unspecified atom stereocenters. The summed E-state index contributed by atoms with van der Waals surface area (Å²) in [6.07, 6.45) is 0. The molecule has 21 heavy (non-hydrogen) atoms. The van der Waals surface area contributed by atoms with E-state index in [1.54, 1.807) is 6.07 Å². The van der Waals surface area contributed by atoms with Crippen molar-refractivity contribution >= 4 is 34.8 Å². The number of aliphatic imine (C=N–C) groups is 1. The second-order valence-electron chi connectivity index (χ2n) is 4.46. The van der Waals surface area contributed by atoms with Crippen LogP contribution < -0.4 is 5.32 Å². The molecule has 0 radical (unpaired) electrons. The zero-order chi connectivity index (χ0) is 14.7. The summed E-state index contributed by atoms with van der Waals surface area (Å²) in [4.78, 5) is 17.0. The molecule has 1 aliphatic rings. The fourth-order valence-electron chi connectivity index (χ4n) is 2.17. The molecule has 1 N–H and O–H groups in total. The van der Waals surface area contributed by atoms with E-state index in [2.05, 4.69) is 10.3 Å². The van der Waals surface area contributed by atoms with Crippen LogP contribution in [0.5, 0.6) is 0 Å². The number of benzene rings is 2. The second-order valence-corrected chi connectivity index (χ2v) is 5.35. The molecule has 0 spiro atoms. The lowest BCUT2D eigenvalue weighted by atomic mass is 10.1. The van der Waals surface area contributed by atoms with E-state index in [0.717, 1.165) is 17.3 Å².